The van der Waals surface area contributed by atoms with E-state index in [4.69, 9.17) is 4.74 Å². The molecule has 1 saturated heterocycles. The first-order valence-electron chi connectivity index (χ1n) is 11.5. The Bertz CT molecular complexity index is 1510. The third kappa shape index (κ3) is 4.24. The van der Waals surface area contributed by atoms with Crippen molar-refractivity contribution >= 4 is 44.1 Å². The van der Waals surface area contributed by atoms with Crippen LogP contribution < -0.4 is 9.64 Å². The van der Waals surface area contributed by atoms with Crippen LogP contribution in [0.5, 0.6) is 5.75 Å². The van der Waals surface area contributed by atoms with E-state index in [9.17, 15) is 19.1 Å². The maximum Gasteiger partial charge on any atom is 0.301 e. The fraction of sp³-hybridized carbons (Fsp3) is 0.179. The van der Waals surface area contributed by atoms with Crippen LogP contribution in [0.1, 0.15) is 36.1 Å². The van der Waals surface area contributed by atoms with Crippen LogP contribution in [0, 0.1) is 12.7 Å². The Morgan fingerprint density at radius 3 is 2.64 bits per heavy atom. The van der Waals surface area contributed by atoms with Crippen LogP contribution in [0.2, 0.25) is 0 Å². The van der Waals surface area contributed by atoms with Crippen molar-refractivity contribution in [3.8, 4) is 5.75 Å². The quantitative estimate of drug-likeness (QED) is 0.194. The van der Waals surface area contributed by atoms with Gasteiger partial charge in [-0.25, -0.2) is 9.37 Å². The average molecular weight is 503 g/mol. The number of ketones is 1. The molecule has 8 heteroatoms. The molecule has 0 saturated carbocycles. The van der Waals surface area contributed by atoms with Gasteiger partial charge in [0.2, 0.25) is 0 Å². The predicted molar refractivity (Wildman–Crippen MR) is 138 cm³/mol. The number of amides is 1. The van der Waals surface area contributed by atoms with E-state index in [-0.39, 0.29) is 16.5 Å². The lowest BCUT2D eigenvalue weighted by atomic mass is 9.95. The first-order valence-corrected chi connectivity index (χ1v) is 12.4. The highest BCUT2D eigenvalue weighted by atomic mass is 32.1. The molecule has 2 heterocycles. The first-order chi connectivity index (χ1) is 17.4. The number of Topliss-reactive ketones (excluding diaryl/α,β-unsaturated/α-hetero) is 1. The predicted octanol–water partition coefficient (Wildman–Crippen LogP) is 6.16. The highest BCUT2D eigenvalue weighted by Crippen LogP contribution is 2.44. The van der Waals surface area contributed by atoms with Gasteiger partial charge >= 0.3 is 5.91 Å². The van der Waals surface area contributed by atoms with Gasteiger partial charge in [-0.05, 0) is 49.2 Å². The first kappa shape index (κ1) is 23.7. The molecule has 5 rings (SSSR count). The van der Waals surface area contributed by atoms with Gasteiger partial charge in [-0.3, -0.25) is 14.5 Å². The Morgan fingerprint density at radius 2 is 1.89 bits per heavy atom. The number of hydrogen-bond donors (Lipinski definition) is 1. The summed E-state index contributed by atoms with van der Waals surface area (Å²) in [5.41, 5.74) is 2.47. The van der Waals surface area contributed by atoms with E-state index in [2.05, 4.69) is 4.98 Å². The Balaban J connectivity index is 1.70. The summed E-state index contributed by atoms with van der Waals surface area (Å²) in [5.74, 6) is -1.73. The van der Waals surface area contributed by atoms with Crippen LogP contribution >= 0.6 is 11.3 Å². The minimum atomic E-state index is -0.943. The van der Waals surface area contributed by atoms with Crippen LogP contribution in [0.3, 0.4) is 0 Å². The molecule has 1 atom stereocenters. The molecular formula is C28H23FN2O4S. The van der Waals surface area contributed by atoms with E-state index in [0.717, 1.165) is 23.3 Å². The van der Waals surface area contributed by atoms with Gasteiger partial charge in [0.15, 0.2) is 5.13 Å². The van der Waals surface area contributed by atoms with Crippen molar-refractivity contribution in [2.45, 2.75) is 26.3 Å². The number of carbonyl (C=O) groups excluding carboxylic acids is 2. The highest BCUT2D eigenvalue weighted by Gasteiger charge is 2.48. The number of aryl methyl sites for hydroxylation is 1. The lowest BCUT2D eigenvalue weighted by Crippen LogP contribution is -2.29. The fourth-order valence-electron chi connectivity index (χ4n) is 4.20. The summed E-state index contributed by atoms with van der Waals surface area (Å²) < 4.78 is 20.2. The molecule has 6 nitrogen and oxygen atoms in total. The standard InChI is InChI=1S/C28H23FN2O4S/c1-3-13-35-20-6-4-5-18(14-20)24-23(25(32)17-9-7-16(2)8-10-17)26(33)27(34)31(24)28-30-21-12-11-19(29)15-22(21)36-28/h4-12,14-15,24,32H,3,13H2,1-2H3. The molecule has 1 unspecified atom stereocenters. The molecule has 182 valence electrons. The van der Waals surface area contributed by atoms with Crippen molar-refractivity contribution in [1.82, 2.24) is 4.98 Å². The second kappa shape index (κ2) is 9.54. The zero-order chi connectivity index (χ0) is 25.4. The maximum atomic E-state index is 13.8. The van der Waals surface area contributed by atoms with Gasteiger partial charge in [0.05, 0.1) is 28.4 Å². The van der Waals surface area contributed by atoms with Crippen LogP contribution in [-0.4, -0.2) is 28.4 Å². The van der Waals surface area contributed by atoms with Crippen molar-refractivity contribution in [2.24, 2.45) is 0 Å². The largest absolute Gasteiger partial charge is 0.507 e. The van der Waals surface area contributed by atoms with E-state index in [1.165, 1.54) is 23.1 Å². The van der Waals surface area contributed by atoms with Crippen molar-refractivity contribution in [3.05, 3.63) is 94.8 Å². The Morgan fingerprint density at radius 1 is 1.11 bits per heavy atom. The number of anilines is 1. The molecule has 1 amide bonds. The van der Waals surface area contributed by atoms with E-state index in [1.807, 2.05) is 26.0 Å². The molecule has 1 aliphatic rings. The summed E-state index contributed by atoms with van der Waals surface area (Å²) in [5, 5.41) is 11.5. The zero-order valence-corrected chi connectivity index (χ0v) is 20.5. The maximum absolute atomic E-state index is 13.8. The normalized spacial score (nSPS) is 17.2. The number of halogens is 1. The number of nitrogens with zero attached hydrogens (tertiary/aromatic N) is 2. The molecule has 4 aromatic rings. The molecule has 0 radical (unpaired) electrons. The van der Waals surface area contributed by atoms with Crippen LogP contribution in [0.25, 0.3) is 16.0 Å². The minimum Gasteiger partial charge on any atom is -0.507 e. The van der Waals surface area contributed by atoms with Gasteiger partial charge in [0.1, 0.15) is 17.3 Å². The smallest absolute Gasteiger partial charge is 0.301 e. The lowest BCUT2D eigenvalue weighted by Gasteiger charge is -2.23. The topological polar surface area (TPSA) is 79.7 Å². The van der Waals surface area contributed by atoms with Gasteiger partial charge < -0.3 is 9.84 Å². The number of benzene rings is 3. The number of fused-ring (bicyclic) bond motifs is 1. The molecule has 0 bridgehead atoms. The van der Waals surface area contributed by atoms with Crippen LogP contribution in [0.4, 0.5) is 9.52 Å². The third-order valence-electron chi connectivity index (χ3n) is 5.96. The third-order valence-corrected chi connectivity index (χ3v) is 6.98. The van der Waals surface area contributed by atoms with Crippen molar-refractivity contribution in [1.29, 1.82) is 0 Å². The summed E-state index contributed by atoms with van der Waals surface area (Å²) in [6.07, 6.45) is 0.818. The van der Waals surface area contributed by atoms with Gasteiger partial charge in [0, 0.05) is 5.56 Å². The average Bonchev–Trinajstić information content (AvgIpc) is 3.40. The number of thiazole rings is 1. The zero-order valence-electron chi connectivity index (χ0n) is 19.7. The van der Waals surface area contributed by atoms with Crippen LogP contribution in [0.15, 0.2) is 72.3 Å². The van der Waals surface area contributed by atoms with Crippen molar-refractivity contribution in [3.63, 3.8) is 0 Å². The highest BCUT2D eigenvalue weighted by molar-refractivity contribution is 7.22. The summed E-state index contributed by atoms with van der Waals surface area (Å²) >= 11 is 1.11. The molecular weight excluding hydrogens is 479 g/mol. The molecule has 1 N–H and O–H groups in total. The molecule has 0 aliphatic carbocycles. The summed E-state index contributed by atoms with van der Waals surface area (Å²) in [4.78, 5) is 32.5. The van der Waals surface area contributed by atoms with Gasteiger partial charge in [-0.15, -0.1) is 0 Å². The molecule has 1 fully saturated rings. The van der Waals surface area contributed by atoms with Crippen molar-refractivity contribution in [2.75, 3.05) is 11.5 Å². The number of carbonyl (C=O) groups is 2. The van der Waals surface area contributed by atoms with Crippen molar-refractivity contribution < 1.29 is 23.8 Å². The monoisotopic (exact) mass is 502 g/mol. The number of rotatable bonds is 6. The Hall–Kier alpha value is -4.04. The van der Waals surface area contributed by atoms with Gasteiger partial charge in [-0.1, -0.05) is 60.2 Å². The number of aliphatic hydroxyl groups is 1. The molecule has 1 aromatic heterocycles. The van der Waals surface area contributed by atoms with E-state index in [1.54, 1.807) is 36.4 Å². The van der Waals surface area contributed by atoms with E-state index in [0.29, 0.717) is 33.7 Å². The summed E-state index contributed by atoms with van der Waals surface area (Å²) in [6.45, 7) is 4.42. The number of ether oxygens (including phenoxy) is 1. The summed E-state index contributed by atoms with van der Waals surface area (Å²) in [7, 11) is 0. The van der Waals surface area contributed by atoms with Gasteiger partial charge in [-0.2, -0.15) is 0 Å². The number of hydrogen-bond acceptors (Lipinski definition) is 6. The summed E-state index contributed by atoms with van der Waals surface area (Å²) in [6, 6.07) is 17.4. The Kier molecular flexibility index (Phi) is 6.28. The molecule has 1 aliphatic heterocycles. The van der Waals surface area contributed by atoms with E-state index < -0.39 is 23.5 Å². The van der Waals surface area contributed by atoms with Gasteiger partial charge in [0.25, 0.3) is 5.78 Å². The minimum absolute atomic E-state index is 0.0399. The second-order valence-corrected chi connectivity index (χ2v) is 9.57. The number of aromatic nitrogens is 1. The Labute approximate surface area is 211 Å². The second-order valence-electron chi connectivity index (χ2n) is 8.56. The molecule has 0 spiro atoms. The molecule has 36 heavy (non-hydrogen) atoms. The molecule has 3 aromatic carbocycles. The lowest BCUT2D eigenvalue weighted by molar-refractivity contribution is -0.132. The number of aliphatic hydroxyl groups excluding tert-OH is 1. The fourth-order valence-corrected chi connectivity index (χ4v) is 5.21. The van der Waals surface area contributed by atoms with Crippen LogP contribution in [-0.2, 0) is 9.59 Å². The van der Waals surface area contributed by atoms with E-state index >= 15 is 0 Å². The SMILES string of the molecule is CCCOc1cccc(C2C(=C(O)c3ccc(C)cc3)C(=O)C(=O)N2c2nc3ccc(F)cc3s2)c1.